The summed E-state index contributed by atoms with van der Waals surface area (Å²) >= 11 is 6.08. The fraction of sp³-hybridized carbons (Fsp3) is 0.391. The van der Waals surface area contributed by atoms with Gasteiger partial charge in [-0.3, -0.25) is 9.59 Å². The van der Waals surface area contributed by atoms with Gasteiger partial charge in [0.05, 0.1) is 0 Å². The van der Waals surface area contributed by atoms with Crippen LogP contribution in [0, 0.1) is 5.82 Å². The van der Waals surface area contributed by atoms with Gasteiger partial charge in [-0.25, -0.2) is 4.39 Å². The van der Waals surface area contributed by atoms with Gasteiger partial charge >= 0.3 is 0 Å². The van der Waals surface area contributed by atoms with Gasteiger partial charge in [0.2, 0.25) is 5.91 Å². The van der Waals surface area contributed by atoms with E-state index in [1.54, 1.807) is 25.1 Å². The lowest BCUT2D eigenvalue weighted by atomic mass is 10.1. The Bertz CT molecular complexity index is 869. The van der Waals surface area contributed by atoms with E-state index in [1.165, 1.54) is 29.2 Å². The first kappa shape index (κ1) is 22.1. The van der Waals surface area contributed by atoms with Crippen LogP contribution < -0.4 is 10.1 Å². The Morgan fingerprint density at radius 2 is 1.90 bits per heavy atom. The van der Waals surface area contributed by atoms with Crippen molar-refractivity contribution in [2.75, 3.05) is 6.61 Å². The fourth-order valence-corrected chi connectivity index (χ4v) is 3.78. The van der Waals surface area contributed by atoms with Crippen LogP contribution in [0.2, 0.25) is 5.02 Å². The van der Waals surface area contributed by atoms with Crippen molar-refractivity contribution in [2.45, 2.75) is 51.2 Å². The summed E-state index contributed by atoms with van der Waals surface area (Å²) in [4.78, 5) is 27.3. The van der Waals surface area contributed by atoms with Crippen LogP contribution in [0.15, 0.2) is 48.5 Å². The zero-order valence-electron chi connectivity index (χ0n) is 16.9. The van der Waals surface area contributed by atoms with E-state index in [9.17, 15) is 14.0 Å². The molecule has 2 aromatic carbocycles. The van der Waals surface area contributed by atoms with Crippen molar-refractivity contribution in [3.8, 4) is 5.75 Å². The van der Waals surface area contributed by atoms with Crippen LogP contribution in [0.25, 0.3) is 0 Å². The molecule has 0 heterocycles. The lowest BCUT2D eigenvalue weighted by molar-refractivity contribution is -0.142. The molecule has 7 heteroatoms. The van der Waals surface area contributed by atoms with E-state index in [0.717, 1.165) is 31.2 Å². The van der Waals surface area contributed by atoms with Gasteiger partial charge in [0.25, 0.3) is 5.91 Å². The molecule has 30 heavy (non-hydrogen) atoms. The van der Waals surface area contributed by atoms with Gasteiger partial charge in [0, 0.05) is 17.6 Å². The topological polar surface area (TPSA) is 58.6 Å². The molecule has 5 nitrogen and oxygen atoms in total. The van der Waals surface area contributed by atoms with Gasteiger partial charge in [0.15, 0.2) is 6.61 Å². The van der Waals surface area contributed by atoms with Crippen molar-refractivity contribution in [3.05, 3.63) is 64.9 Å². The highest BCUT2D eigenvalue weighted by molar-refractivity contribution is 6.30. The lowest BCUT2D eigenvalue weighted by Gasteiger charge is -2.29. The van der Waals surface area contributed by atoms with Crippen molar-refractivity contribution in [3.63, 3.8) is 0 Å². The monoisotopic (exact) mass is 432 g/mol. The maximum Gasteiger partial charge on any atom is 0.261 e. The number of nitrogens with zero attached hydrogens (tertiary/aromatic N) is 1. The summed E-state index contributed by atoms with van der Waals surface area (Å²) in [7, 11) is 0. The summed E-state index contributed by atoms with van der Waals surface area (Å²) in [6.45, 7) is 1.68. The second-order valence-corrected chi connectivity index (χ2v) is 8.00. The zero-order chi connectivity index (χ0) is 21.5. The molecule has 0 spiro atoms. The minimum atomic E-state index is -0.672. The SMILES string of the molecule is C[C@H](C(=O)NC1CCCC1)N(Cc1cccc(Cl)c1)C(=O)COc1ccc(F)cc1. The maximum absolute atomic E-state index is 13.1. The fourth-order valence-electron chi connectivity index (χ4n) is 3.57. The van der Waals surface area contributed by atoms with Crippen LogP contribution in [0.1, 0.15) is 38.2 Å². The highest BCUT2D eigenvalue weighted by atomic mass is 35.5. The predicted octanol–water partition coefficient (Wildman–Crippen LogP) is 4.33. The van der Waals surface area contributed by atoms with Gasteiger partial charge < -0.3 is 15.0 Å². The number of amides is 2. The molecule has 1 aliphatic carbocycles. The Balaban J connectivity index is 1.70. The number of rotatable bonds is 8. The Morgan fingerprint density at radius 3 is 2.57 bits per heavy atom. The van der Waals surface area contributed by atoms with Crippen molar-refractivity contribution < 1.29 is 18.7 Å². The first-order valence-electron chi connectivity index (χ1n) is 10.1. The van der Waals surface area contributed by atoms with Crippen LogP contribution in [-0.2, 0) is 16.1 Å². The molecule has 1 atom stereocenters. The minimum Gasteiger partial charge on any atom is -0.484 e. The molecule has 3 rings (SSSR count). The number of carbonyl (C=O) groups excluding carboxylic acids is 2. The molecule has 1 fully saturated rings. The predicted molar refractivity (Wildman–Crippen MR) is 114 cm³/mol. The highest BCUT2D eigenvalue weighted by Crippen LogP contribution is 2.19. The molecule has 1 N–H and O–H groups in total. The first-order valence-corrected chi connectivity index (χ1v) is 10.5. The van der Waals surface area contributed by atoms with E-state index in [1.807, 2.05) is 6.07 Å². The Hall–Kier alpha value is -2.60. The molecule has 0 aromatic heterocycles. The number of carbonyl (C=O) groups is 2. The van der Waals surface area contributed by atoms with Crippen LogP contribution in [-0.4, -0.2) is 35.4 Å². The van der Waals surface area contributed by atoms with Gasteiger partial charge in [-0.1, -0.05) is 36.6 Å². The van der Waals surface area contributed by atoms with Crippen molar-refractivity contribution in [2.24, 2.45) is 0 Å². The van der Waals surface area contributed by atoms with E-state index >= 15 is 0 Å². The number of hydrogen-bond donors (Lipinski definition) is 1. The van der Waals surface area contributed by atoms with E-state index < -0.39 is 6.04 Å². The van der Waals surface area contributed by atoms with Crippen LogP contribution >= 0.6 is 11.6 Å². The van der Waals surface area contributed by atoms with Crippen molar-refractivity contribution in [1.82, 2.24) is 10.2 Å². The molecule has 0 bridgehead atoms. The largest absolute Gasteiger partial charge is 0.484 e. The summed E-state index contributed by atoms with van der Waals surface area (Å²) < 4.78 is 18.6. The van der Waals surface area contributed by atoms with Gasteiger partial charge in [-0.2, -0.15) is 0 Å². The second kappa shape index (κ2) is 10.4. The lowest BCUT2D eigenvalue weighted by Crippen LogP contribution is -2.50. The third-order valence-corrected chi connectivity index (χ3v) is 5.52. The highest BCUT2D eigenvalue weighted by Gasteiger charge is 2.28. The molecule has 0 unspecified atom stereocenters. The molecule has 0 radical (unpaired) electrons. The Labute approximate surface area is 181 Å². The number of benzene rings is 2. The molecule has 0 aliphatic heterocycles. The van der Waals surface area contributed by atoms with E-state index in [-0.39, 0.29) is 36.8 Å². The summed E-state index contributed by atoms with van der Waals surface area (Å²) in [6.07, 6.45) is 4.15. The van der Waals surface area contributed by atoms with Crippen LogP contribution in [0.4, 0.5) is 4.39 Å². The molecule has 160 valence electrons. The van der Waals surface area contributed by atoms with Crippen LogP contribution in [0.5, 0.6) is 5.75 Å². The third-order valence-electron chi connectivity index (χ3n) is 5.29. The normalized spacial score (nSPS) is 14.9. The molecular formula is C23H26ClFN2O3. The molecule has 1 aliphatic rings. The second-order valence-electron chi connectivity index (χ2n) is 7.56. The summed E-state index contributed by atoms with van der Waals surface area (Å²) in [6, 6.07) is 12.1. The summed E-state index contributed by atoms with van der Waals surface area (Å²) in [5.74, 6) is -0.517. The molecule has 2 amide bonds. The maximum atomic E-state index is 13.1. The Kier molecular flexibility index (Phi) is 7.69. The minimum absolute atomic E-state index is 0.165. The van der Waals surface area contributed by atoms with Crippen molar-refractivity contribution in [1.29, 1.82) is 0 Å². The molecule has 1 saturated carbocycles. The van der Waals surface area contributed by atoms with Crippen molar-refractivity contribution >= 4 is 23.4 Å². The number of nitrogens with one attached hydrogen (secondary N) is 1. The standard InChI is InChI=1S/C23H26ClFN2O3/c1-16(23(29)26-20-7-2-3-8-20)27(14-17-5-4-6-18(24)13-17)22(28)15-30-21-11-9-19(25)10-12-21/h4-6,9-13,16,20H,2-3,7-8,14-15H2,1H3,(H,26,29)/t16-/m1/s1. The quantitative estimate of drug-likeness (QED) is 0.675. The number of hydrogen-bond acceptors (Lipinski definition) is 3. The third kappa shape index (κ3) is 6.20. The van der Waals surface area contributed by atoms with Gasteiger partial charge in [0.1, 0.15) is 17.6 Å². The molecule has 2 aromatic rings. The van der Waals surface area contributed by atoms with E-state index in [2.05, 4.69) is 5.32 Å². The average Bonchev–Trinajstić information content (AvgIpc) is 3.24. The first-order chi connectivity index (χ1) is 14.4. The number of halogens is 2. The van der Waals surface area contributed by atoms with Gasteiger partial charge in [-0.05, 0) is 61.7 Å². The summed E-state index contributed by atoms with van der Waals surface area (Å²) in [5.41, 5.74) is 0.818. The Morgan fingerprint density at radius 1 is 1.20 bits per heavy atom. The van der Waals surface area contributed by atoms with Gasteiger partial charge in [-0.15, -0.1) is 0 Å². The average molecular weight is 433 g/mol. The van der Waals surface area contributed by atoms with Crippen LogP contribution in [0.3, 0.4) is 0 Å². The number of ether oxygens (including phenoxy) is 1. The molecular weight excluding hydrogens is 407 g/mol. The molecule has 0 saturated heterocycles. The summed E-state index contributed by atoms with van der Waals surface area (Å²) in [5, 5.41) is 3.61. The smallest absolute Gasteiger partial charge is 0.261 e. The zero-order valence-corrected chi connectivity index (χ0v) is 17.7. The van der Waals surface area contributed by atoms with E-state index in [4.69, 9.17) is 16.3 Å². The van der Waals surface area contributed by atoms with E-state index in [0.29, 0.717) is 10.8 Å².